The lowest BCUT2D eigenvalue weighted by Crippen LogP contribution is -2.17. The SMILES string of the molecule is CNC(=O)c1ccc(Cl)c(NCc2ccc([N+](=O)[O-])s2)c1. The molecule has 2 N–H and O–H groups in total. The van der Waals surface area contributed by atoms with Crippen molar-refractivity contribution in [3.63, 3.8) is 0 Å². The summed E-state index contributed by atoms with van der Waals surface area (Å²) >= 11 is 7.16. The summed E-state index contributed by atoms with van der Waals surface area (Å²) < 4.78 is 0. The third-order valence-electron chi connectivity index (χ3n) is 2.74. The van der Waals surface area contributed by atoms with E-state index in [1.54, 1.807) is 31.3 Å². The summed E-state index contributed by atoms with van der Waals surface area (Å²) in [6, 6.07) is 8.05. The molecular formula is C13H12ClN3O3S. The Morgan fingerprint density at radius 3 is 2.76 bits per heavy atom. The van der Waals surface area contributed by atoms with E-state index in [4.69, 9.17) is 11.6 Å². The molecule has 0 aliphatic rings. The van der Waals surface area contributed by atoms with E-state index in [1.807, 2.05) is 0 Å². The van der Waals surface area contributed by atoms with E-state index in [1.165, 1.54) is 6.07 Å². The van der Waals surface area contributed by atoms with E-state index >= 15 is 0 Å². The van der Waals surface area contributed by atoms with Gasteiger partial charge < -0.3 is 10.6 Å². The van der Waals surface area contributed by atoms with Gasteiger partial charge in [0.25, 0.3) is 5.91 Å². The van der Waals surface area contributed by atoms with Crippen LogP contribution >= 0.6 is 22.9 Å². The van der Waals surface area contributed by atoms with Crippen LogP contribution in [0, 0.1) is 10.1 Å². The molecule has 0 aliphatic carbocycles. The molecule has 2 rings (SSSR count). The van der Waals surface area contributed by atoms with Crippen molar-refractivity contribution in [3.05, 3.63) is 55.9 Å². The fourth-order valence-electron chi connectivity index (χ4n) is 1.69. The first-order chi connectivity index (χ1) is 10.0. The van der Waals surface area contributed by atoms with Gasteiger partial charge in [-0.2, -0.15) is 0 Å². The van der Waals surface area contributed by atoms with E-state index in [-0.39, 0.29) is 10.9 Å². The number of benzene rings is 1. The number of nitro groups is 1. The number of amides is 1. The van der Waals surface area contributed by atoms with Gasteiger partial charge in [-0.1, -0.05) is 22.9 Å². The summed E-state index contributed by atoms with van der Waals surface area (Å²) in [7, 11) is 1.55. The van der Waals surface area contributed by atoms with E-state index in [2.05, 4.69) is 10.6 Å². The zero-order chi connectivity index (χ0) is 15.4. The van der Waals surface area contributed by atoms with E-state index in [0.717, 1.165) is 16.2 Å². The molecular weight excluding hydrogens is 314 g/mol. The van der Waals surface area contributed by atoms with Gasteiger partial charge in [-0.15, -0.1) is 0 Å². The minimum atomic E-state index is -0.423. The van der Waals surface area contributed by atoms with Gasteiger partial charge in [-0.25, -0.2) is 0 Å². The molecule has 1 heterocycles. The second kappa shape index (κ2) is 6.55. The molecule has 6 nitrogen and oxygen atoms in total. The van der Waals surface area contributed by atoms with Crippen molar-refractivity contribution in [2.24, 2.45) is 0 Å². The molecule has 0 unspecified atom stereocenters. The Morgan fingerprint density at radius 2 is 2.14 bits per heavy atom. The van der Waals surface area contributed by atoms with Crippen molar-refractivity contribution in [2.45, 2.75) is 6.54 Å². The minimum Gasteiger partial charge on any atom is -0.379 e. The molecule has 0 saturated carbocycles. The first kappa shape index (κ1) is 15.3. The Balaban J connectivity index is 2.11. The van der Waals surface area contributed by atoms with Gasteiger partial charge in [-0.3, -0.25) is 14.9 Å². The van der Waals surface area contributed by atoms with Gasteiger partial charge in [0.05, 0.1) is 15.6 Å². The van der Waals surface area contributed by atoms with Crippen molar-refractivity contribution in [3.8, 4) is 0 Å². The van der Waals surface area contributed by atoms with Crippen LogP contribution in [-0.2, 0) is 6.54 Å². The first-order valence-electron chi connectivity index (χ1n) is 6.00. The molecule has 0 radical (unpaired) electrons. The number of thiophene rings is 1. The summed E-state index contributed by atoms with van der Waals surface area (Å²) in [6.45, 7) is 0.398. The first-order valence-corrected chi connectivity index (χ1v) is 7.19. The van der Waals surface area contributed by atoms with Crippen molar-refractivity contribution in [1.82, 2.24) is 5.32 Å². The van der Waals surface area contributed by atoms with Crippen molar-refractivity contribution in [1.29, 1.82) is 0 Å². The molecule has 0 saturated heterocycles. The number of carbonyl (C=O) groups excluding carboxylic acids is 1. The summed E-state index contributed by atoms with van der Waals surface area (Å²) in [5.41, 5.74) is 1.09. The number of nitrogens with one attached hydrogen (secondary N) is 2. The lowest BCUT2D eigenvalue weighted by molar-refractivity contribution is -0.380. The van der Waals surface area contributed by atoms with Crippen LogP contribution in [0.25, 0.3) is 0 Å². The maximum Gasteiger partial charge on any atom is 0.324 e. The molecule has 2 aromatic rings. The molecule has 110 valence electrons. The average molecular weight is 326 g/mol. The van der Waals surface area contributed by atoms with Crippen LogP contribution in [0.2, 0.25) is 5.02 Å². The maximum absolute atomic E-state index is 11.6. The zero-order valence-corrected chi connectivity index (χ0v) is 12.6. The Hall–Kier alpha value is -2.12. The highest BCUT2D eigenvalue weighted by Crippen LogP contribution is 2.27. The van der Waals surface area contributed by atoms with Crippen molar-refractivity contribution < 1.29 is 9.72 Å². The van der Waals surface area contributed by atoms with Gasteiger partial charge in [-0.05, 0) is 24.3 Å². The minimum absolute atomic E-state index is 0.0945. The number of rotatable bonds is 5. The smallest absolute Gasteiger partial charge is 0.324 e. The topological polar surface area (TPSA) is 84.3 Å². The number of anilines is 1. The Morgan fingerprint density at radius 1 is 1.38 bits per heavy atom. The predicted molar refractivity (Wildman–Crippen MR) is 83.1 cm³/mol. The fraction of sp³-hybridized carbons (Fsp3) is 0.154. The number of carbonyl (C=O) groups is 1. The number of halogens is 1. The zero-order valence-electron chi connectivity index (χ0n) is 11.1. The highest BCUT2D eigenvalue weighted by Gasteiger charge is 2.11. The number of hydrogen-bond donors (Lipinski definition) is 2. The summed E-state index contributed by atoms with van der Waals surface area (Å²) in [6.07, 6.45) is 0. The van der Waals surface area contributed by atoms with Gasteiger partial charge in [0, 0.05) is 30.1 Å². The van der Waals surface area contributed by atoms with Crippen molar-refractivity contribution >= 4 is 39.5 Å². The predicted octanol–water partition coefficient (Wildman–Crippen LogP) is 3.28. The van der Waals surface area contributed by atoms with Crippen LogP contribution in [0.1, 0.15) is 15.2 Å². The van der Waals surface area contributed by atoms with Crippen LogP contribution in [0.15, 0.2) is 30.3 Å². The lowest BCUT2D eigenvalue weighted by Gasteiger charge is -2.09. The second-order valence-electron chi connectivity index (χ2n) is 4.12. The molecule has 1 amide bonds. The van der Waals surface area contributed by atoms with E-state index in [9.17, 15) is 14.9 Å². The Labute approximate surface area is 129 Å². The quantitative estimate of drug-likeness (QED) is 0.652. The molecule has 0 fully saturated rings. The standard InChI is InChI=1S/C13H12ClN3O3S/c1-15-13(18)8-2-4-10(14)11(6-8)16-7-9-3-5-12(21-9)17(19)20/h2-6,16H,7H2,1H3,(H,15,18). The molecule has 0 atom stereocenters. The van der Waals surface area contributed by atoms with E-state index < -0.39 is 4.92 Å². The third-order valence-corrected chi connectivity index (χ3v) is 4.10. The van der Waals surface area contributed by atoms with Crippen LogP contribution in [-0.4, -0.2) is 17.9 Å². The Bertz CT molecular complexity index is 687. The molecule has 0 bridgehead atoms. The largest absolute Gasteiger partial charge is 0.379 e. The van der Waals surface area contributed by atoms with Gasteiger partial charge in [0.2, 0.25) is 0 Å². The number of hydrogen-bond acceptors (Lipinski definition) is 5. The molecule has 1 aromatic carbocycles. The summed E-state index contributed by atoms with van der Waals surface area (Å²) in [4.78, 5) is 22.6. The summed E-state index contributed by atoms with van der Waals surface area (Å²) in [5.74, 6) is -0.207. The highest BCUT2D eigenvalue weighted by atomic mass is 35.5. The van der Waals surface area contributed by atoms with Gasteiger partial charge >= 0.3 is 5.00 Å². The van der Waals surface area contributed by atoms with Crippen LogP contribution in [0.5, 0.6) is 0 Å². The second-order valence-corrected chi connectivity index (χ2v) is 5.68. The van der Waals surface area contributed by atoms with Crippen LogP contribution in [0.3, 0.4) is 0 Å². The lowest BCUT2D eigenvalue weighted by atomic mass is 10.2. The fourth-order valence-corrected chi connectivity index (χ4v) is 2.63. The van der Waals surface area contributed by atoms with Gasteiger partial charge in [0.15, 0.2) is 0 Å². The third kappa shape index (κ3) is 3.71. The van der Waals surface area contributed by atoms with E-state index in [0.29, 0.717) is 22.8 Å². The van der Waals surface area contributed by atoms with Crippen LogP contribution in [0.4, 0.5) is 10.7 Å². The molecule has 0 aliphatic heterocycles. The molecule has 8 heteroatoms. The molecule has 21 heavy (non-hydrogen) atoms. The monoisotopic (exact) mass is 325 g/mol. The number of nitrogens with zero attached hydrogens (tertiary/aromatic N) is 1. The van der Waals surface area contributed by atoms with Gasteiger partial charge in [0.1, 0.15) is 0 Å². The normalized spacial score (nSPS) is 10.2. The molecule has 1 aromatic heterocycles. The summed E-state index contributed by atoms with van der Waals surface area (Å²) in [5, 5.41) is 16.8. The average Bonchev–Trinajstić information content (AvgIpc) is 2.94. The molecule has 0 spiro atoms. The Kier molecular flexibility index (Phi) is 4.77. The van der Waals surface area contributed by atoms with Crippen molar-refractivity contribution in [2.75, 3.05) is 12.4 Å². The maximum atomic E-state index is 11.6. The highest BCUT2D eigenvalue weighted by molar-refractivity contribution is 7.15. The van der Waals surface area contributed by atoms with Crippen LogP contribution < -0.4 is 10.6 Å².